The maximum absolute atomic E-state index is 11.5. The number of hydrogen-bond acceptors (Lipinski definition) is 4. The van der Waals surface area contributed by atoms with Gasteiger partial charge in [-0.05, 0) is 32.2 Å². The van der Waals surface area contributed by atoms with Crippen LogP contribution in [0.25, 0.3) is 0 Å². The van der Waals surface area contributed by atoms with Crippen molar-refractivity contribution in [2.24, 2.45) is 5.73 Å². The van der Waals surface area contributed by atoms with E-state index in [1.807, 2.05) is 0 Å². The molecule has 0 radical (unpaired) electrons. The number of nitrogens with two attached hydrogens (primary N) is 1. The zero-order chi connectivity index (χ0) is 12.7. The SMILES string of the molecule is NCCCCCC(=O)NC1CCCS(=O)(=O)C1. The molecule has 1 aliphatic heterocycles. The normalized spacial score (nSPS) is 23.2. The molecule has 1 saturated heterocycles. The van der Waals surface area contributed by atoms with Crippen LogP contribution in [0, 0.1) is 0 Å². The van der Waals surface area contributed by atoms with E-state index in [1.165, 1.54) is 0 Å². The van der Waals surface area contributed by atoms with Crippen LogP contribution >= 0.6 is 0 Å². The minimum absolute atomic E-state index is 0.0379. The van der Waals surface area contributed by atoms with Gasteiger partial charge in [-0.2, -0.15) is 0 Å². The average Bonchev–Trinajstić information content (AvgIpc) is 2.23. The van der Waals surface area contributed by atoms with Gasteiger partial charge in [0.1, 0.15) is 0 Å². The van der Waals surface area contributed by atoms with Crippen LogP contribution in [-0.4, -0.2) is 38.4 Å². The Morgan fingerprint density at radius 3 is 2.71 bits per heavy atom. The lowest BCUT2D eigenvalue weighted by Gasteiger charge is -2.22. The first-order chi connectivity index (χ1) is 8.03. The molecule has 0 aromatic rings. The smallest absolute Gasteiger partial charge is 0.220 e. The minimum Gasteiger partial charge on any atom is -0.352 e. The van der Waals surface area contributed by atoms with Crippen molar-refractivity contribution >= 4 is 15.7 Å². The van der Waals surface area contributed by atoms with Gasteiger partial charge in [-0.25, -0.2) is 8.42 Å². The number of sulfone groups is 1. The minimum atomic E-state index is -2.94. The summed E-state index contributed by atoms with van der Waals surface area (Å²) in [4.78, 5) is 11.5. The number of carbonyl (C=O) groups is 1. The van der Waals surface area contributed by atoms with Gasteiger partial charge in [-0.1, -0.05) is 6.42 Å². The van der Waals surface area contributed by atoms with Gasteiger partial charge < -0.3 is 11.1 Å². The number of nitrogens with one attached hydrogen (secondary N) is 1. The van der Waals surface area contributed by atoms with Crippen LogP contribution in [-0.2, 0) is 14.6 Å². The van der Waals surface area contributed by atoms with E-state index in [4.69, 9.17) is 5.73 Å². The van der Waals surface area contributed by atoms with Gasteiger partial charge in [0.15, 0.2) is 9.84 Å². The van der Waals surface area contributed by atoms with Crippen molar-refractivity contribution in [3.8, 4) is 0 Å². The van der Waals surface area contributed by atoms with Gasteiger partial charge in [0.2, 0.25) is 5.91 Å². The summed E-state index contributed by atoms with van der Waals surface area (Å²) in [5.74, 6) is 0.321. The van der Waals surface area contributed by atoms with Crippen LogP contribution < -0.4 is 11.1 Å². The molecule has 6 heteroatoms. The Balaban J connectivity index is 2.22. The molecule has 17 heavy (non-hydrogen) atoms. The van der Waals surface area contributed by atoms with Crippen LogP contribution in [0.2, 0.25) is 0 Å². The van der Waals surface area contributed by atoms with Gasteiger partial charge in [-0.15, -0.1) is 0 Å². The molecule has 0 spiro atoms. The molecular weight excluding hydrogens is 240 g/mol. The summed E-state index contributed by atoms with van der Waals surface area (Å²) >= 11 is 0. The van der Waals surface area contributed by atoms with Crippen LogP contribution in [0.15, 0.2) is 0 Å². The number of hydrogen-bond donors (Lipinski definition) is 2. The second-order valence-electron chi connectivity index (χ2n) is 4.62. The van der Waals surface area contributed by atoms with Crippen LogP contribution in [0.5, 0.6) is 0 Å². The molecule has 0 saturated carbocycles. The standard InChI is InChI=1S/C11H22N2O3S/c12-7-3-1-2-6-11(14)13-10-5-4-8-17(15,16)9-10/h10H,1-9,12H2,(H,13,14). The summed E-state index contributed by atoms with van der Waals surface area (Å²) < 4.78 is 22.8. The Bertz CT molecular complexity index is 341. The van der Waals surface area contributed by atoms with Crippen LogP contribution in [0.3, 0.4) is 0 Å². The third-order valence-corrected chi connectivity index (χ3v) is 4.76. The molecule has 0 bridgehead atoms. The number of amides is 1. The lowest BCUT2D eigenvalue weighted by Crippen LogP contribution is -2.43. The van der Waals surface area contributed by atoms with E-state index in [0.29, 0.717) is 19.4 Å². The first-order valence-electron chi connectivity index (χ1n) is 6.23. The molecule has 5 nitrogen and oxygen atoms in total. The van der Waals surface area contributed by atoms with Crippen molar-refractivity contribution < 1.29 is 13.2 Å². The summed E-state index contributed by atoms with van der Waals surface area (Å²) in [6, 6.07) is -0.184. The predicted octanol–water partition coefficient (Wildman–Crippen LogP) is 0.199. The summed E-state index contributed by atoms with van der Waals surface area (Å²) in [6.45, 7) is 0.655. The molecule has 1 fully saturated rings. The van der Waals surface area contributed by atoms with Crippen molar-refractivity contribution in [3.05, 3.63) is 0 Å². The van der Waals surface area contributed by atoms with Gasteiger partial charge in [-0.3, -0.25) is 4.79 Å². The molecule has 0 aromatic heterocycles. The number of unbranched alkanes of at least 4 members (excludes halogenated alkanes) is 2. The Labute approximate surface area is 103 Å². The fraction of sp³-hybridized carbons (Fsp3) is 0.909. The third-order valence-electron chi connectivity index (χ3n) is 2.94. The van der Waals surface area contributed by atoms with Gasteiger partial charge in [0, 0.05) is 12.5 Å². The number of rotatable bonds is 6. The highest BCUT2D eigenvalue weighted by atomic mass is 32.2. The zero-order valence-corrected chi connectivity index (χ0v) is 11.0. The van der Waals surface area contributed by atoms with E-state index >= 15 is 0 Å². The molecule has 1 aliphatic rings. The Morgan fingerprint density at radius 2 is 2.06 bits per heavy atom. The van der Waals surface area contributed by atoms with Gasteiger partial charge in [0.05, 0.1) is 11.5 Å². The lowest BCUT2D eigenvalue weighted by molar-refractivity contribution is -0.121. The topological polar surface area (TPSA) is 89.3 Å². The van der Waals surface area contributed by atoms with E-state index in [2.05, 4.69) is 5.32 Å². The zero-order valence-electron chi connectivity index (χ0n) is 10.2. The van der Waals surface area contributed by atoms with Crippen LogP contribution in [0.1, 0.15) is 38.5 Å². The second kappa shape index (κ2) is 6.96. The van der Waals surface area contributed by atoms with E-state index in [-0.39, 0.29) is 23.5 Å². The van der Waals surface area contributed by atoms with Crippen molar-refractivity contribution in [2.75, 3.05) is 18.1 Å². The number of carbonyl (C=O) groups excluding carboxylic acids is 1. The van der Waals surface area contributed by atoms with Crippen molar-refractivity contribution in [3.63, 3.8) is 0 Å². The van der Waals surface area contributed by atoms with Gasteiger partial charge in [0.25, 0.3) is 0 Å². The van der Waals surface area contributed by atoms with Crippen molar-refractivity contribution in [2.45, 2.75) is 44.6 Å². The third kappa shape index (κ3) is 6.02. The summed E-state index contributed by atoms with van der Waals surface area (Å²) in [5.41, 5.74) is 5.36. The van der Waals surface area contributed by atoms with E-state index < -0.39 is 9.84 Å². The molecular formula is C11H22N2O3S. The lowest BCUT2D eigenvalue weighted by atomic mass is 10.1. The van der Waals surface area contributed by atoms with E-state index in [0.717, 1.165) is 25.7 Å². The van der Waals surface area contributed by atoms with Crippen molar-refractivity contribution in [1.82, 2.24) is 5.32 Å². The monoisotopic (exact) mass is 262 g/mol. The quantitative estimate of drug-likeness (QED) is 0.669. The second-order valence-corrected chi connectivity index (χ2v) is 6.85. The van der Waals surface area contributed by atoms with Crippen molar-refractivity contribution in [1.29, 1.82) is 0 Å². The first kappa shape index (κ1) is 14.4. The fourth-order valence-electron chi connectivity index (χ4n) is 2.04. The highest BCUT2D eigenvalue weighted by Crippen LogP contribution is 2.12. The molecule has 1 atom stereocenters. The van der Waals surface area contributed by atoms with E-state index in [1.54, 1.807) is 0 Å². The average molecular weight is 262 g/mol. The molecule has 1 unspecified atom stereocenters. The fourth-order valence-corrected chi connectivity index (χ4v) is 3.68. The maximum Gasteiger partial charge on any atom is 0.220 e. The summed E-state index contributed by atoms with van der Waals surface area (Å²) in [6.07, 6.45) is 4.60. The van der Waals surface area contributed by atoms with Crippen LogP contribution in [0.4, 0.5) is 0 Å². The largest absolute Gasteiger partial charge is 0.352 e. The Kier molecular flexibility index (Phi) is 5.91. The van der Waals surface area contributed by atoms with E-state index in [9.17, 15) is 13.2 Å². The molecule has 1 heterocycles. The van der Waals surface area contributed by atoms with Gasteiger partial charge >= 0.3 is 0 Å². The molecule has 100 valence electrons. The maximum atomic E-state index is 11.5. The predicted molar refractivity (Wildman–Crippen MR) is 67.3 cm³/mol. The first-order valence-corrected chi connectivity index (χ1v) is 8.05. The molecule has 1 rings (SSSR count). The molecule has 0 aliphatic carbocycles. The molecule has 1 amide bonds. The summed E-state index contributed by atoms with van der Waals surface area (Å²) in [5, 5.41) is 2.80. The highest BCUT2D eigenvalue weighted by Gasteiger charge is 2.25. The Hall–Kier alpha value is -0.620. The highest BCUT2D eigenvalue weighted by molar-refractivity contribution is 7.91. The Morgan fingerprint density at radius 1 is 1.29 bits per heavy atom. The summed E-state index contributed by atoms with van der Waals surface area (Å²) in [7, 11) is -2.94. The molecule has 0 aromatic carbocycles. The molecule has 3 N–H and O–H groups in total.